The molecule has 0 amide bonds. The highest BCUT2D eigenvalue weighted by atomic mass is 19.1. The minimum atomic E-state index is -1.58. The number of carboxylic acids is 1. The van der Waals surface area contributed by atoms with Gasteiger partial charge in [0.15, 0.2) is 11.5 Å². The van der Waals surface area contributed by atoms with Crippen molar-refractivity contribution >= 4 is 34.3 Å². The maximum absolute atomic E-state index is 13.1. The van der Waals surface area contributed by atoms with Gasteiger partial charge in [0.2, 0.25) is 0 Å². The third-order valence-corrected chi connectivity index (χ3v) is 5.12. The molecule has 7 heteroatoms. The lowest BCUT2D eigenvalue weighted by Crippen LogP contribution is -2.15. The number of halogens is 1. The molecule has 0 bridgehead atoms. The number of aliphatic carboxylic acids is 1. The molecule has 0 aliphatic heterocycles. The highest BCUT2D eigenvalue weighted by molar-refractivity contribution is 6.52. The Kier molecular flexibility index (Phi) is 6.64. The molecule has 170 valence electrons. The molecule has 1 aromatic heterocycles. The van der Waals surface area contributed by atoms with Crippen LogP contribution < -0.4 is 9.47 Å². The molecule has 0 unspecified atom stereocenters. The number of rotatable bonds is 8. The number of fused-ring (bicyclic) bond motifs is 1. The summed E-state index contributed by atoms with van der Waals surface area (Å²) in [4.78, 5) is 28.5. The van der Waals surface area contributed by atoms with E-state index in [0.717, 1.165) is 10.9 Å². The molecular formula is C27H20FNO5. The number of carbonyl (C=O) groups is 2. The molecular weight excluding hydrogens is 437 g/mol. The molecule has 0 aliphatic rings. The number of aromatic nitrogens is 1. The van der Waals surface area contributed by atoms with Crippen LogP contribution in [0.1, 0.15) is 16.8 Å². The van der Waals surface area contributed by atoms with Crippen molar-refractivity contribution in [1.82, 2.24) is 4.98 Å². The Morgan fingerprint density at radius 2 is 1.74 bits per heavy atom. The van der Waals surface area contributed by atoms with E-state index in [4.69, 9.17) is 9.47 Å². The zero-order valence-electron chi connectivity index (χ0n) is 18.2. The minimum absolute atomic E-state index is 0.0553. The van der Waals surface area contributed by atoms with Gasteiger partial charge in [-0.25, -0.2) is 14.2 Å². The molecule has 34 heavy (non-hydrogen) atoms. The topological polar surface area (TPSA) is 85.7 Å². The highest BCUT2D eigenvalue weighted by Gasteiger charge is 2.21. The standard InChI is InChI=1S/C27H20FNO5/c1-33-25-15-18(8-13-24(25)34-16-17-6-10-20(28)11-7-17)14-21(26(30)27(31)32)23-12-9-19-4-2-3-5-22(19)29-23/h2-15H,16H2,1H3,(H,31,32)/b21-14-. The molecule has 0 saturated heterocycles. The van der Waals surface area contributed by atoms with Crippen LogP contribution in [0.2, 0.25) is 0 Å². The first-order chi connectivity index (χ1) is 16.4. The number of ketones is 1. The molecule has 4 rings (SSSR count). The van der Waals surface area contributed by atoms with Crippen molar-refractivity contribution in [3.63, 3.8) is 0 Å². The number of methoxy groups -OCH3 is 1. The third-order valence-electron chi connectivity index (χ3n) is 5.12. The van der Waals surface area contributed by atoms with Crippen LogP contribution in [0.25, 0.3) is 22.6 Å². The molecule has 1 heterocycles. The predicted molar refractivity (Wildman–Crippen MR) is 126 cm³/mol. The summed E-state index contributed by atoms with van der Waals surface area (Å²) >= 11 is 0. The minimum Gasteiger partial charge on any atom is -0.493 e. The average Bonchev–Trinajstić information content (AvgIpc) is 2.86. The van der Waals surface area contributed by atoms with Crippen LogP contribution in [0.5, 0.6) is 11.5 Å². The number of benzene rings is 3. The molecule has 0 fully saturated rings. The van der Waals surface area contributed by atoms with Gasteiger partial charge in [-0.15, -0.1) is 0 Å². The van der Waals surface area contributed by atoms with Crippen molar-refractivity contribution in [1.29, 1.82) is 0 Å². The molecule has 4 aromatic rings. The number of para-hydroxylation sites is 1. The number of ether oxygens (including phenoxy) is 2. The summed E-state index contributed by atoms with van der Waals surface area (Å²) in [5.74, 6) is -2.14. The van der Waals surface area contributed by atoms with Crippen LogP contribution >= 0.6 is 0 Å². The van der Waals surface area contributed by atoms with E-state index >= 15 is 0 Å². The Labute approximate surface area is 194 Å². The highest BCUT2D eigenvalue weighted by Crippen LogP contribution is 2.31. The first-order valence-corrected chi connectivity index (χ1v) is 10.4. The van der Waals surface area contributed by atoms with Crippen molar-refractivity contribution in [2.45, 2.75) is 6.61 Å². The van der Waals surface area contributed by atoms with Gasteiger partial charge in [-0.2, -0.15) is 0 Å². The van der Waals surface area contributed by atoms with E-state index in [0.29, 0.717) is 22.6 Å². The maximum atomic E-state index is 13.1. The lowest BCUT2D eigenvalue weighted by molar-refractivity contribution is -0.146. The zero-order chi connectivity index (χ0) is 24.1. The summed E-state index contributed by atoms with van der Waals surface area (Å²) in [6.07, 6.45) is 1.46. The van der Waals surface area contributed by atoms with Gasteiger partial charge in [-0.05, 0) is 53.6 Å². The largest absolute Gasteiger partial charge is 0.493 e. The van der Waals surface area contributed by atoms with E-state index in [2.05, 4.69) is 4.98 Å². The quantitative estimate of drug-likeness (QED) is 0.291. The second kappa shape index (κ2) is 9.95. The van der Waals surface area contributed by atoms with Crippen LogP contribution in [-0.2, 0) is 16.2 Å². The van der Waals surface area contributed by atoms with E-state index in [1.165, 1.54) is 25.3 Å². The van der Waals surface area contributed by atoms with Crippen molar-refractivity contribution in [3.8, 4) is 11.5 Å². The number of carbonyl (C=O) groups excluding carboxylic acids is 1. The predicted octanol–water partition coefficient (Wildman–Crippen LogP) is 5.16. The number of pyridine rings is 1. The fourth-order valence-electron chi connectivity index (χ4n) is 3.39. The Hall–Kier alpha value is -4.52. The smallest absolute Gasteiger partial charge is 0.377 e. The number of Topliss-reactive ketones (excluding diaryl/α,β-unsaturated/α-hetero) is 1. The molecule has 0 spiro atoms. The molecule has 0 radical (unpaired) electrons. The Balaban J connectivity index is 1.67. The normalized spacial score (nSPS) is 11.3. The van der Waals surface area contributed by atoms with Gasteiger partial charge in [0.05, 0.1) is 23.9 Å². The van der Waals surface area contributed by atoms with Gasteiger partial charge >= 0.3 is 5.97 Å². The van der Waals surface area contributed by atoms with E-state index < -0.39 is 11.8 Å². The molecule has 1 N–H and O–H groups in total. The SMILES string of the molecule is COc1cc(/C=C(\C(=O)C(=O)O)c2ccc3ccccc3n2)ccc1OCc1ccc(F)cc1. The summed E-state index contributed by atoms with van der Waals surface area (Å²) in [6.45, 7) is 0.204. The van der Waals surface area contributed by atoms with Gasteiger partial charge < -0.3 is 14.6 Å². The van der Waals surface area contributed by atoms with E-state index in [1.807, 2.05) is 18.2 Å². The first-order valence-electron chi connectivity index (χ1n) is 10.4. The lowest BCUT2D eigenvalue weighted by Gasteiger charge is -2.12. The van der Waals surface area contributed by atoms with Crippen LogP contribution in [0.15, 0.2) is 78.9 Å². The van der Waals surface area contributed by atoms with Crippen molar-refractivity contribution < 1.29 is 28.6 Å². The summed E-state index contributed by atoms with van der Waals surface area (Å²) in [6, 6.07) is 21.7. The maximum Gasteiger partial charge on any atom is 0.377 e. The van der Waals surface area contributed by atoms with E-state index in [-0.39, 0.29) is 23.7 Å². The Morgan fingerprint density at radius 1 is 0.971 bits per heavy atom. The van der Waals surface area contributed by atoms with Gasteiger partial charge in [-0.1, -0.05) is 42.5 Å². The summed E-state index contributed by atoms with van der Waals surface area (Å²) in [5, 5.41) is 10.2. The van der Waals surface area contributed by atoms with Crippen molar-refractivity contribution in [2.24, 2.45) is 0 Å². The van der Waals surface area contributed by atoms with Crippen LogP contribution in [0.3, 0.4) is 0 Å². The van der Waals surface area contributed by atoms with Crippen molar-refractivity contribution in [3.05, 3.63) is 102 Å². The van der Waals surface area contributed by atoms with Gasteiger partial charge in [0.1, 0.15) is 12.4 Å². The molecule has 3 aromatic carbocycles. The van der Waals surface area contributed by atoms with Crippen LogP contribution in [0, 0.1) is 5.82 Å². The molecule has 0 aliphatic carbocycles. The van der Waals surface area contributed by atoms with Crippen molar-refractivity contribution in [2.75, 3.05) is 7.11 Å². The molecule has 6 nitrogen and oxygen atoms in total. The molecule has 0 saturated carbocycles. The van der Waals surface area contributed by atoms with Gasteiger partial charge in [0.25, 0.3) is 5.78 Å². The van der Waals surface area contributed by atoms with E-state index in [9.17, 15) is 19.1 Å². The number of carboxylic acid groups (broad SMARTS) is 1. The fraction of sp³-hybridized carbons (Fsp3) is 0.0741. The second-order valence-corrected chi connectivity index (χ2v) is 7.41. The zero-order valence-corrected chi connectivity index (χ0v) is 18.2. The second-order valence-electron chi connectivity index (χ2n) is 7.41. The first kappa shape index (κ1) is 22.7. The fourth-order valence-corrected chi connectivity index (χ4v) is 3.39. The monoisotopic (exact) mass is 457 g/mol. The lowest BCUT2D eigenvalue weighted by atomic mass is 10.0. The van der Waals surface area contributed by atoms with Crippen LogP contribution in [0.4, 0.5) is 4.39 Å². The Morgan fingerprint density at radius 3 is 2.47 bits per heavy atom. The van der Waals surface area contributed by atoms with Gasteiger partial charge in [-0.3, -0.25) is 4.79 Å². The summed E-state index contributed by atoms with van der Waals surface area (Å²) in [7, 11) is 1.47. The average molecular weight is 457 g/mol. The summed E-state index contributed by atoms with van der Waals surface area (Å²) in [5.41, 5.74) is 2.16. The number of hydrogen-bond acceptors (Lipinski definition) is 5. The summed E-state index contributed by atoms with van der Waals surface area (Å²) < 4.78 is 24.3. The van der Waals surface area contributed by atoms with E-state index in [1.54, 1.807) is 48.5 Å². The van der Waals surface area contributed by atoms with Crippen LogP contribution in [-0.4, -0.2) is 29.0 Å². The Bertz CT molecular complexity index is 1400. The number of nitrogens with zero attached hydrogens (tertiary/aromatic N) is 1. The third kappa shape index (κ3) is 5.10. The van der Waals surface area contributed by atoms with Gasteiger partial charge in [0, 0.05) is 5.39 Å². The number of hydrogen-bond donors (Lipinski definition) is 1. The molecule has 0 atom stereocenters.